The van der Waals surface area contributed by atoms with Gasteiger partial charge in [-0.05, 0) is 37.1 Å². The number of rotatable bonds is 3. The first kappa shape index (κ1) is 15.3. The average molecular weight is 285 g/mol. The highest BCUT2D eigenvalue weighted by Gasteiger charge is 2.19. The lowest BCUT2D eigenvalue weighted by Crippen LogP contribution is -2.17. The Balaban J connectivity index is 2.39. The van der Waals surface area contributed by atoms with Crippen molar-refractivity contribution in [1.82, 2.24) is 9.97 Å². The number of anilines is 1. The Labute approximate surface area is 126 Å². The fourth-order valence-corrected chi connectivity index (χ4v) is 2.05. The number of hydrogen-bond acceptors (Lipinski definition) is 4. The predicted molar refractivity (Wildman–Crippen MR) is 86.3 cm³/mol. The van der Waals surface area contributed by atoms with E-state index in [9.17, 15) is 0 Å². The van der Waals surface area contributed by atoms with Crippen LogP contribution in [0.25, 0.3) is 0 Å². The summed E-state index contributed by atoms with van der Waals surface area (Å²) >= 11 is 0. The molecule has 21 heavy (non-hydrogen) atoms. The molecule has 0 aliphatic carbocycles. The van der Waals surface area contributed by atoms with Gasteiger partial charge < -0.3 is 10.1 Å². The van der Waals surface area contributed by atoms with Gasteiger partial charge in [0.1, 0.15) is 17.4 Å². The molecule has 2 rings (SSSR count). The van der Waals surface area contributed by atoms with Gasteiger partial charge in [0.15, 0.2) is 0 Å². The molecule has 0 spiro atoms. The van der Waals surface area contributed by atoms with Crippen LogP contribution in [0, 0.1) is 13.8 Å². The normalized spacial score (nSPS) is 11.3. The fraction of sp³-hybridized carbons (Fsp3) is 0.412. The van der Waals surface area contributed by atoms with Crippen LogP contribution in [0.4, 0.5) is 5.82 Å². The van der Waals surface area contributed by atoms with E-state index in [1.165, 1.54) is 11.1 Å². The second-order valence-electron chi connectivity index (χ2n) is 6.34. The Morgan fingerprint density at radius 2 is 1.57 bits per heavy atom. The summed E-state index contributed by atoms with van der Waals surface area (Å²) in [5.41, 5.74) is 2.21. The Kier molecular flexibility index (Phi) is 4.16. The van der Waals surface area contributed by atoms with Crippen molar-refractivity contribution >= 4 is 5.82 Å². The van der Waals surface area contributed by atoms with E-state index in [1.54, 1.807) is 0 Å². The lowest BCUT2D eigenvalue weighted by atomic mass is 9.96. The fourth-order valence-electron chi connectivity index (χ4n) is 2.05. The first-order valence-electron chi connectivity index (χ1n) is 7.11. The molecular formula is C17H23N3O. The maximum Gasteiger partial charge on any atom is 0.224 e. The third-order valence-electron chi connectivity index (χ3n) is 3.05. The van der Waals surface area contributed by atoms with Crippen LogP contribution in [-0.4, -0.2) is 17.0 Å². The molecule has 1 heterocycles. The molecule has 1 N–H and O–H groups in total. The molecule has 4 heteroatoms. The number of aryl methyl sites for hydroxylation is 2. The highest BCUT2D eigenvalue weighted by atomic mass is 16.5. The quantitative estimate of drug-likeness (QED) is 0.917. The van der Waals surface area contributed by atoms with Crippen molar-refractivity contribution in [2.24, 2.45) is 0 Å². The van der Waals surface area contributed by atoms with Crippen molar-refractivity contribution in [2.75, 3.05) is 12.4 Å². The Morgan fingerprint density at radius 1 is 0.952 bits per heavy atom. The molecule has 2 aromatic rings. The van der Waals surface area contributed by atoms with Gasteiger partial charge in [-0.15, -0.1) is 0 Å². The molecule has 0 fully saturated rings. The van der Waals surface area contributed by atoms with Gasteiger partial charge in [0.05, 0.1) is 0 Å². The zero-order chi connectivity index (χ0) is 15.6. The number of benzene rings is 1. The van der Waals surface area contributed by atoms with Crippen LogP contribution in [0.5, 0.6) is 11.6 Å². The summed E-state index contributed by atoms with van der Waals surface area (Å²) in [6.07, 6.45) is 0. The molecule has 0 unspecified atom stereocenters. The van der Waals surface area contributed by atoms with E-state index in [0.717, 1.165) is 17.4 Å². The van der Waals surface area contributed by atoms with Crippen molar-refractivity contribution in [3.05, 3.63) is 41.2 Å². The SMILES string of the molecule is CNc1cc(Oc2cc(C)cc(C)c2)nc(C(C)(C)C)n1. The zero-order valence-corrected chi connectivity index (χ0v) is 13.6. The molecule has 1 aromatic heterocycles. The molecule has 0 bridgehead atoms. The molecule has 112 valence electrons. The van der Waals surface area contributed by atoms with Crippen molar-refractivity contribution in [2.45, 2.75) is 40.0 Å². The highest BCUT2D eigenvalue weighted by Crippen LogP contribution is 2.27. The second kappa shape index (κ2) is 5.72. The minimum Gasteiger partial charge on any atom is -0.439 e. The minimum atomic E-state index is -0.131. The second-order valence-corrected chi connectivity index (χ2v) is 6.34. The summed E-state index contributed by atoms with van der Waals surface area (Å²) in [5, 5.41) is 3.06. The van der Waals surface area contributed by atoms with Gasteiger partial charge in [-0.25, -0.2) is 4.98 Å². The van der Waals surface area contributed by atoms with Gasteiger partial charge in [-0.2, -0.15) is 4.98 Å². The lowest BCUT2D eigenvalue weighted by Gasteiger charge is -2.18. The van der Waals surface area contributed by atoms with E-state index in [-0.39, 0.29) is 5.41 Å². The van der Waals surface area contributed by atoms with Gasteiger partial charge in [0.25, 0.3) is 0 Å². The molecule has 0 aliphatic rings. The summed E-state index contributed by atoms with van der Waals surface area (Å²) in [5.74, 6) is 2.88. The molecule has 0 aliphatic heterocycles. The third kappa shape index (κ3) is 3.94. The lowest BCUT2D eigenvalue weighted by molar-refractivity contribution is 0.446. The minimum absolute atomic E-state index is 0.131. The number of hydrogen-bond donors (Lipinski definition) is 1. The van der Waals surface area contributed by atoms with Crippen molar-refractivity contribution < 1.29 is 4.74 Å². The molecule has 1 aromatic carbocycles. The van der Waals surface area contributed by atoms with E-state index in [0.29, 0.717) is 5.88 Å². The first-order chi connectivity index (χ1) is 9.77. The third-order valence-corrected chi connectivity index (χ3v) is 3.05. The van der Waals surface area contributed by atoms with Gasteiger partial charge in [-0.1, -0.05) is 26.8 Å². The molecule has 0 saturated heterocycles. The average Bonchev–Trinajstić information content (AvgIpc) is 2.36. The number of nitrogens with one attached hydrogen (secondary N) is 1. The molecule has 0 amide bonds. The van der Waals surface area contributed by atoms with E-state index >= 15 is 0 Å². The summed E-state index contributed by atoms with van der Waals surface area (Å²) < 4.78 is 5.93. The Morgan fingerprint density at radius 3 is 2.10 bits per heavy atom. The van der Waals surface area contributed by atoms with E-state index in [4.69, 9.17) is 4.74 Å². The molecule has 0 saturated carbocycles. The maximum atomic E-state index is 5.93. The van der Waals surface area contributed by atoms with Gasteiger partial charge in [-0.3, -0.25) is 0 Å². The summed E-state index contributed by atoms with van der Waals surface area (Å²) in [6.45, 7) is 10.4. The van der Waals surface area contributed by atoms with E-state index in [1.807, 2.05) is 25.2 Å². The smallest absolute Gasteiger partial charge is 0.224 e. The standard InChI is InChI=1S/C17H23N3O/c1-11-7-12(2)9-13(8-11)21-15-10-14(18-6)19-16(20-15)17(3,4)5/h7-10H,1-6H3,(H,18,19,20). The molecule has 0 radical (unpaired) electrons. The van der Waals surface area contributed by atoms with Gasteiger partial charge >= 0.3 is 0 Å². The van der Waals surface area contributed by atoms with Crippen LogP contribution in [0.3, 0.4) is 0 Å². The van der Waals surface area contributed by atoms with Crippen LogP contribution in [-0.2, 0) is 5.41 Å². The van der Waals surface area contributed by atoms with Crippen LogP contribution in [0.1, 0.15) is 37.7 Å². The number of nitrogens with zero attached hydrogens (tertiary/aromatic N) is 2. The predicted octanol–water partition coefficient (Wildman–Crippen LogP) is 4.22. The Hall–Kier alpha value is -2.10. The van der Waals surface area contributed by atoms with Crippen molar-refractivity contribution in [3.8, 4) is 11.6 Å². The van der Waals surface area contributed by atoms with Crippen LogP contribution in [0.15, 0.2) is 24.3 Å². The number of ether oxygens (including phenoxy) is 1. The number of aromatic nitrogens is 2. The molecule has 4 nitrogen and oxygen atoms in total. The van der Waals surface area contributed by atoms with Crippen molar-refractivity contribution in [1.29, 1.82) is 0 Å². The van der Waals surface area contributed by atoms with E-state index < -0.39 is 0 Å². The van der Waals surface area contributed by atoms with Crippen LogP contribution < -0.4 is 10.1 Å². The summed E-state index contributed by atoms with van der Waals surface area (Å²) in [6, 6.07) is 7.94. The highest BCUT2D eigenvalue weighted by molar-refractivity contribution is 5.41. The molecule has 0 atom stereocenters. The maximum absolute atomic E-state index is 5.93. The van der Waals surface area contributed by atoms with Crippen LogP contribution >= 0.6 is 0 Å². The topological polar surface area (TPSA) is 47.0 Å². The van der Waals surface area contributed by atoms with Crippen molar-refractivity contribution in [3.63, 3.8) is 0 Å². The Bertz CT molecular complexity index is 625. The summed E-state index contributed by atoms with van der Waals surface area (Å²) in [4.78, 5) is 9.03. The monoisotopic (exact) mass is 285 g/mol. The molecular weight excluding hydrogens is 262 g/mol. The zero-order valence-electron chi connectivity index (χ0n) is 13.6. The van der Waals surface area contributed by atoms with E-state index in [2.05, 4.69) is 56.0 Å². The summed E-state index contributed by atoms with van der Waals surface area (Å²) in [7, 11) is 1.84. The largest absolute Gasteiger partial charge is 0.439 e. The van der Waals surface area contributed by atoms with Crippen LogP contribution in [0.2, 0.25) is 0 Å². The van der Waals surface area contributed by atoms with Gasteiger partial charge in [0.2, 0.25) is 5.88 Å². The van der Waals surface area contributed by atoms with Gasteiger partial charge in [0, 0.05) is 18.5 Å². The first-order valence-corrected chi connectivity index (χ1v) is 7.11.